The van der Waals surface area contributed by atoms with Gasteiger partial charge in [0.2, 0.25) is 0 Å². The van der Waals surface area contributed by atoms with Gasteiger partial charge in [-0.1, -0.05) is 76.1 Å². The largest absolute Gasteiger partial charge is 0.261 e. The topological polar surface area (TPSA) is 12.4 Å². The number of aliphatic imine (C=N–C) groups is 1. The van der Waals surface area contributed by atoms with Gasteiger partial charge in [-0.2, -0.15) is 0 Å². The molecule has 27 heavy (non-hydrogen) atoms. The lowest BCUT2D eigenvalue weighted by atomic mass is 9.89. The summed E-state index contributed by atoms with van der Waals surface area (Å²) in [5.74, 6) is 0. The number of hydrogen-bond acceptors (Lipinski definition) is 1. The van der Waals surface area contributed by atoms with Crippen molar-refractivity contribution in [1.29, 1.82) is 0 Å². The number of nitrogens with zero attached hydrogens (tertiary/aromatic N) is 1. The van der Waals surface area contributed by atoms with Crippen molar-refractivity contribution in [2.75, 3.05) is 0 Å². The Morgan fingerprint density at radius 3 is 2.26 bits per heavy atom. The fourth-order valence-electron chi connectivity index (χ4n) is 3.63. The van der Waals surface area contributed by atoms with Crippen molar-refractivity contribution in [2.24, 2.45) is 4.99 Å². The van der Waals surface area contributed by atoms with Crippen LogP contribution in [-0.4, -0.2) is 5.71 Å². The first-order valence-electron chi connectivity index (χ1n) is 10.5. The van der Waals surface area contributed by atoms with Crippen molar-refractivity contribution in [3.05, 3.63) is 83.1 Å². The average Bonchev–Trinajstić information content (AvgIpc) is 2.68. The summed E-state index contributed by atoms with van der Waals surface area (Å²) >= 11 is 0. The van der Waals surface area contributed by atoms with Crippen molar-refractivity contribution in [3.8, 4) is 0 Å². The first kappa shape index (κ1) is 21.2. The van der Waals surface area contributed by atoms with E-state index in [1.807, 2.05) is 0 Å². The van der Waals surface area contributed by atoms with E-state index in [-0.39, 0.29) is 0 Å². The highest BCUT2D eigenvalue weighted by Gasteiger charge is 2.13. The highest BCUT2D eigenvalue weighted by atomic mass is 14.7. The zero-order chi connectivity index (χ0) is 19.5. The summed E-state index contributed by atoms with van der Waals surface area (Å²) in [6.07, 6.45) is 11.2. The molecule has 0 heterocycles. The van der Waals surface area contributed by atoms with Crippen LogP contribution in [0.4, 0.5) is 0 Å². The van der Waals surface area contributed by atoms with E-state index < -0.39 is 0 Å². The van der Waals surface area contributed by atoms with E-state index in [0.29, 0.717) is 0 Å². The lowest BCUT2D eigenvalue weighted by Gasteiger charge is -2.16. The van der Waals surface area contributed by atoms with Crippen molar-refractivity contribution in [1.82, 2.24) is 0 Å². The van der Waals surface area contributed by atoms with Gasteiger partial charge >= 0.3 is 0 Å². The quantitative estimate of drug-likeness (QED) is 0.295. The smallest absolute Gasteiger partial charge is 0.0522 e. The molecule has 0 aromatic heterocycles. The van der Waals surface area contributed by atoms with Gasteiger partial charge in [-0.15, -0.1) is 0 Å². The molecule has 1 nitrogen and oxygen atoms in total. The van der Waals surface area contributed by atoms with Crippen LogP contribution in [0.1, 0.15) is 73.8 Å². The Morgan fingerprint density at radius 2 is 1.59 bits per heavy atom. The molecule has 2 aromatic rings. The maximum atomic E-state index is 4.66. The Hall–Kier alpha value is -2.15. The Kier molecular flexibility index (Phi) is 9.04. The van der Waals surface area contributed by atoms with Gasteiger partial charge in [-0.3, -0.25) is 4.99 Å². The Bertz CT molecular complexity index is 740. The van der Waals surface area contributed by atoms with E-state index in [1.165, 1.54) is 66.3 Å². The number of aryl methyl sites for hydroxylation is 3. The van der Waals surface area contributed by atoms with Crippen LogP contribution in [0.2, 0.25) is 0 Å². The van der Waals surface area contributed by atoms with E-state index >= 15 is 0 Å². The van der Waals surface area contributed by atoms with Crippen LogP contribution in [0, 0.1) is 6.92 Å². The monoisotopic (exact) mass is 361 g/mol. The number of unbranched alkanes of at least 4 members (excludes halogenated alkanes) is 3. The molecule has 0 atom stereocenters. The van der Waals surface area contributed by atoms with E-state index in [4.69, 9.17) is 0 Å². The average molecular weight is 362 g/mol. The molecule has 0 N–H and O–H groups in total. The van der Waals surface area contributed by atoms with Crippen LogP contribution in [0.3, 0.4) is 0 Å². The maximum Gasteiger partial charge on any atom is 0.0522 e. The van der Waals surface area contributed by atoms with Gasteiger partial charge in [0, 0.05) is 12.6 Å². The molecule has 0 amide bonds. The van der Waals surface area contributed by atoms with E-state index in [2.05, 4.69) is 74.8 Å². The fraction of sp³-hybridized carbons (Fsp3) is 0.423. The SMILES string of the molecule is C=C/N=C(/Cc1ccccc1)c1cc(CCCC)c(CCCCC)cc1C. The molecule has 0 radical (unpaired) electrons. The van der Waals surface area contributed by atoms with Crippen molar-refractivity contribution >= 4 is 5.71 Å². The summed E-state index contributed by atoms with van der Waals surface area (Å²) in [4.78, 5) is 4.66. The molecular formula is C26H35N. The third kappa shape index (κ3) is 6.50. The van der Waals surface area contributed by atoms with E-state index in [9.17, 15) is 0 Å². The number of benzene rings is 2. The standard InChI is InChI=1S/C26H35N/c1-5-8-11-17-23-18-21(4)25(20-24(23)16-9-6-2)26(27-7-3)19-22-14-12-10-13-15-22/h7,10,12-15,18,20H,3,5-6,8-9,11,16-17,19H2,1-2,4H3/b27-26-. The molecule has 0 aliphatic heterocycles. The Labute approximate surface area is 166 Å². The molecule has 144 valence electrons. The van der Waals surface area contributed by atoms with Gasteiger partial charge in [0.15, 0.2) is 0 Å². The number of hydrogen-bond donors (Lipinski definition) is 0. The first-order chi connectivity index (χ1) is 13.2. The van der Waals surface area contributed by atoms with Gasteiger partial charge in [0.1, 0.15) is 0 Å². The van der Waals surface area contributed by atoms with E-state index in [1.54, 1.807) is 6.20 Å². The lowest BCUT2D eigenvalue weighted by molar-refractivity contribution is 0.707. The van der Waals surface area contributed by atoms with Gasteiger partial charge in [0.25, 0.3) is 0 Å². The van der Waals surface area contributed by atoms with E-state index in [0.717, 1.165) is 18.6 Å². The third-order valence-corrected chi connectivity index (χ3v) is 5.17. The molecule has 0 aliphatic carbocycles. The van der Waals surface area contributed by atoms with Crippen LogP contribution in [0.15, 0.2) is 60.2 Å². The molecule has 0 saturated heterocycles. The molecular weight excluding hydrogens is 326 g/mol. The minimum absolute atomic E-state index is 0.843. The van der Waals surface area contributed by atoms with Crippen LogP contribution in [0.25, 0.3) is 0 Å². The second-order valence-electron chi connectivity index (χ2n) is 7.42. The third-order valence-electron chi connectivity index (χ3n) is 5.17. The summed E-state index contributed by atoms with van der Waals surface area (Å²) < 4.78 is 0. The van der Waals surface area contributed by atoms with Crippen molar-refractivity contribution in [3.63, 3.8) is 0 Å². The fourth-order valence-corrected chi connectivity index (χ4v) is 3.63. The zero-order valence-corrected chi connectivity index (χ0v) is 17.4. The normalized spacial score (nSPS) is 11.6. The minimum atomic E-state index is 0.843. The molecule has 1 heteroatoms. The van der Waals surface area contributed by atoms with Gasteiger partial charge < -0.3 is 0 Å². The molecule has 0 bridgehead atoms. The van der Waals surface area contributed by atoms with Gasteiger partial charge in [-0.05, 0) is 66.5 Å². The van der Waals surface area contributed by atoms with Gasteiger partial charge in [0.05, 0.1) is 5.71 Å². The van der Waals surface area contributed by atoms with Crippen LogP contribution >= 0.6 is 0 Å². The summed E-state index contributed by atoms with van der Waals surface area (Å²) in [6, 6.07) is 15.4. The Balaban J connectivity index is 2.37. The lowest BCUT2D eigenvalue weighted by Crippen LogP contribution is -2.10. The summed E-state index contributed by atoms with van der Waals surface area (Å²) in [7, 11) is 0. The molecule has 0 unspecified atom stereocenters. The first-order valence-corrected chi connectivity index (χ1v) is 10.5. The highest BCUT2D eigenvalue weighted by molar-refractivity contribution is 6.03. The maximum absolute atomic E-state index is 4.66. The van der Waals surface area contributed by atoms with Gasteiger partial charge in [-0.25, -0.2) is 0 Å². The summed E-state index contributed by atoms with van der Waals surface area (Å²) in [5.41, 5.74) is 8.07. The van der Waals surface area contributed by atoms with Crippen LogP contribution < -0.4 is 0 Å². The van der Waals surface area contributed by atoms with Crippen LogP contribution in [0.5, 0.6) is 0 Å². The predicted molar refractivity (Wildman–Crippen MR) is 120 cm³/mol. The van der Waals surface area contributed by atoms with Crippen LogP contribution in [-0.2, 0) is 19.3 Å². The molecule has 0 fully saturated rings. The van der Waals surface area contributed by atoms with Crippen molar-refractivity contribution < 1.29 is 0 Å². The summed E-state index contributed by atoms with van der Waals surface area (Å²) in [6.45, 7) is 10.6. The minimum Gasteiger partial charge on any atom is -0.261 e. The molecule has 0 spiro atoms. The number of rotatable bonds is 11. The summed E-state index contributed by atoms with van der Waals surface area (Å²) in [5, 5.41) is 0. The highest BCUT2D eigenvalue weighted by Crippen LogP contribution is 2.23. The predicted octanol–water partition coefficient (Wildman–Crippen LogP) is 7.25. The molecule has 2 rings (SSSR count). The molecule has 2 aromatic carbocycles. The molecule has 0 aliphatic rings. The second-order valence-corrected chi connectivity index (χ2v) is 7.42. The Morgan fingerprint density at radius 1 is 0.926 bits per heavy atom. The van der Waals surface area contributed by atoms with Crippen molar-refractivity contribution in [2.45, 2.75) is 72.1 Å². The molecule has 0 saturated carbocycles. The zero-order valence-electron chi connectivity index (χ0n) is 17.4. The second kappa shape index (κ2) is 11.5.